The molecule has 2 unspecified atom stereocenters. The Morgan fingerprint density at radius 2 is 2.14 bits per heavy atom. The van der Waals surface area contributed by atoms with Crippen LogP contribution in [-0.2, 0) is 4.79 Å². The molecule has 1 aromatic carbocycles. The molecule has 1 amide bonds. The zero-order chi connectivity index (χ0) is 15.1. The number of benzene rings is 1. The van der Waals surface area contributed by atoms with Gasteiger partial charge < -0.3 is 10.6 Å². The van der Waals surface area contributed by atoms with Crippen molar-refractivity contribution in [1.29, 1.82) is 0 Å². The smallest absolute Gasteiger partial charge is 0.220 e. The average molecular weight is 306 g/mol. The van der Waals surface area contributed by atoms with Crippen molar-refractivity contribution in [2.45, 2.75) is 56.0 Å². The summed E-state index contributed by atoms with van der Waals surface area (Å²) in [5.41, 5.74) is 1.16. The second-order valence-electron chi connectivity index (χ2n) is 5.75. The van der Waals surface area contributed by atoms with Gasteiger partial charge in [0, 0.05) is 17.4 Å². The second-order valence-corrected chi connectivity index (χ2v) is 6.63. The third kappa shape index (κ3) is 5.36. The predicted octanol–water partition coefficient (Wildman–Crippen LogP) is 3.51. The van der Waals surface area contributed by atoms with Gasteiger partial charge in [-0.15, -0.1) is 11.8 Å². The van der Waals surface area contributed by atoms with Crippen molar-refractivity contribution in [3.63, 3.8) is 0 Å². The molecule has 2 N–H and O–H groups in total. The van der Waals surface area contributed by atoms with Crippen molar-refractivity contribution in [3.8, 4) is 0 Å². The van der Waals surface area contributed by atoms with Crippen molar-refractivity contribution >= 4 is 17.7 Å². The molecule has 3 nitrogen and oxygen atoms in total. The first-order chi connectivity index (χ1) is 10.2. The van der Waals surface area contributed by atoms with E-state index in [4.69, 9.17) is 0 Å². The topological polar surface area (TPSA) is 41.1 Å². The third-order valence-electron chi connectivity index (χ3n) is 4.13. The van der Waals surface area contributed by atoms with Crippen LogP contribution in [0.25, 0.3) is 0 Å². The Labute approximate surface area is 132 Å². The molecular weight excluding hydrogens is 280 g/mol. The fourth-order valence-corrected chi connectivity index (χ4v) is 3.17. The Hall–Kier alpha value is -1.00. The number of thioether (sulfide) groups is 1. The van der Waals surface area contributed by atoms with E-state index in [-0.39, 0.29) is 11.9 Å². The van der Waals surface area contributed by atoms with Gasteiger partial charge in [-0.2, -0.15) is 0 Å². The summed E-state index contributed by atoms with van der Waals surface area (Å²) in [7, 11) is 0. The minimum Gasteiger partial charge on any atom is -0.350 e. The maximum atomic E-state index is 12.0. The summed E-state index contributed by atoms with van der Waals surface area (Å²) >= 11 is 1.73. The highest BCUT2D eigenvalue weighted by atomic mass is 32.2. The monoisotopic (exact) mass is 306 g/mol. The van der Waals surface area contributed by atoms with E-state index in [9.17, 15) is 4.79 Å². The largest absolute Gasteiger partial charge is 0.350 e. The van der Waals surface area contributed by atoms with Gasteiger partial charge in [-0.3, -0.25) is 4.79 Å². The molecule has 1 saturated heterocycles. The van der Waals surface area contributed by atoms with Gasteiger partial charge in [-0.25, -0.2) is 0 Å². The number of nitrogens with one attached hydrogen (secondary N) is 2. The van der Waals surface area contributed by atoms with Crippen LogP contribution in [0.3, 0.4) is 0 Å². The van der Waals surface area contributed by atoms with E-state index in [0.29, 0.717) is 12.5 Å². The molecule has 21 heavy (non-hydrogen) atoms. The first kappa shape index (κ1) is 16.4. The van der Waals surface area contributed by atoms with E-state index in [1.807, 2.05) is 6.92 Å². The molecule has 2 rings (SSSR count). The minimum absolute atomic E-state index is 0.0766. The lowest BCUT2D eigenvalue weighted by Crippen LogP contribution is -2.35. The van der Waals surface area contributed by atoms with Crippen LogP contribution < -0.4 is 10.6 Å². The number of piperidine rings is 1. The Morgan fingerprint density at radius 1 is 1.38 bits per heavy atom. The maximum Gasteiger partial charge on any atom is 0.220 e. The Morgan fingerprint density at radius 3 is 2.76 bits per heavy atom. The highest BCUT2D eigenvalue weighted by Gasteiger charge is 2.15. The Balaban J connectivity index is 1.75. The van der Waals surface area contributed by atoms with Crippen molar-refractivity contribution in [1.82, 2.24) is 10.6 Å². The molecule has 1 aliphatic heterocycles. The molecule has 1 heterocycles. The summed E-state index contributed by atoms with van der Waals surface area (Å²) in [6, 6.07) is 9.01. The summed E-state index contributed by atoms with van der Waals surface area (Å²) in [4.78, 5) is 13.3. The van der Waals surface area contributed by atoms with Gasteiger partial charge in [0.05, 0.1) is 6.04 Å². The molecule has 1 aliphatic rings. The molecule has 1 fully saturated rings. The van der Waals surface area contributed by atoms with Gasteiger partial charge in [-0.1, -0.05) is 18.6 Å². The number of carbonyl (C=O) groups excluding carboxylic acids is 1. The molecule has 0 spiro atoms. The number of rotatable bonds is 6. The van der Waals surface area contributed by atoms with Crippen molar-refractivity contribution in [2.24, 2.45) is 0 Å². The quantitative estimate of drug-likeness (QED) is 0.790. The van der Waals surface area contributed by atoms with Crippen molar-refractivity contribution in [2.75, 3.05) is 12.8 Å². The van der Waals surface area contributed by atoms with Gasteiger partial charge in [0.2, 0.25) is 5.91 Å². The molecule has 2 atom stereocenters. The van der Waals surface area contributed by atoms with Crippen LogP contribution in [0.4, 0.5) is 0 Å². The van der Waals surface area contributed by atoms with Crippen LogP contribution in [0.15, 0.2) is 29.2 Å². The van der Waals surface area contributed by atoms with E-state index in [0.717, 1.165) is 18.5 Å². The fraction of sp³-hybridized carbons (Fsp3) is 0.588. The lowest BCUT2D eigenvalue weighted by Gasteiger charge is -2.23. The van der Waals surface area contributed by atoms with E-state index in [1.54, 1.807) is 11.8 Å². The van der Waals surface area contributed by atoms with Crippen LogP contribution in [0.2, 0.25) is 0 Å². The standard InChI is InChI=1S/C17H26N2OS/c1-13(14-6-9-16(21-2)10-7-14)19-17(20)11-8-15-5-3-4-12-18-15/h6-7,9-10,13,15,18H,3-5,8,11-12H2,1-2H3,(H,19,20). The zero-order valence-electron chi connectivity index (χ0n) is 13.0. The summed E-state index contributed by atoms with van der Waals surface area (Å²) in [5, 5.41) is 6.59. The highest BCUT2D eigenvalue weighted by Crippen LogP contribution is 2.19. The van der Waals surface area contributed by atoms with Crippen LogP contribution in [0, 0.1) is 0 Å². The van der Waals surface area contributed by atoms with Crippen LogP contribution in [-0.4, -0.2) is 24.7 Å². The van der Waals surface area contributed by atoms with Gasteiger partial charge in [0.25, 0.3) is 0 Å². The third-order valence-corrected chi connectivity index (χ3v) is 4.87. The molecule has 0 saturated carbocycles. The minimum atomic E-state index is 0.0766. The van der Waals surface area contributed by atoms with E-state index in [2.05, 4.69) is 41.2 Å². The number of carbonyl (C=O) groups is 1. The summed E-state index contributed by atoms with van der Waals surface area (Å²) < 4.78 is 0. The maximum absolute atomic E-state index is 12.0. The molecule has 4 heteroatoms. The fourth-order valence-electron chi connectivity index (χ4n) is 2.77. The Bertz CT molecular complexity index is 441. The molecule has 0 bridgehead atoms. The zero-order valence-corrected chi connectivity index (χ0v) is 13.8. The average Bonchev–Trinajstić information content (AvgIpc) is 2.54. The molecule has 116 valence electrons. The number of hydrogen-bond donors (Lipinski definition) is 2. The second kappa shape index (κ2) is 8.44. The number of amides is 1. The molecular formula is C17H26N2OS. The van der Waals surface area contributed by atoms with Gasteiger partial charge in [0.15, 0.2) is 0 Å². The molecule has 0 aliphatic carbocycles. The normalized spacial score (nSPS) is 20.0. The SMILES string of the molecule is CSc1ccc(C(C)NC(=O)CCC2CCCCN2)cc1. The van der Waals surface area contributed by atoms with Crippen LogP contribution in [0.1, 0.15) is 50.6 Å². The van der Waals surface area contributed by atoms with Crippen LogP contribution >= 0.6 is 11.8 Å². The first-order valence-corrected chi connectivity index (χ1v) is 9.08. The number of hydrogen-bond acceptors (Lipinski definition) is 3. The Kier molecular flexibility index (Phi) is 6.58. The van der Waals surface area contributed by atoms with E-state index < -0.39 is 0 Å². The lowest BCUT2D eigenvalue weighted by atomic mass is 10.0. The highest BCUT2D eigenvalue weighted by molar-refractivity contribution is 7.98. The van der Waals surface area contributed by atoms with E-state index in [1.165, 1.54) is 24.2 Å². The van der Waals surface area contributed by atoms with Gasteiger partial charge in [0.1, 0.15) is 0 Å². The summed E-state index contributed by atoms with van der Waals surface area (Å²) in [5.74, 6) is 0.156. The van der Waals surface area contributed by atoms with Gasteiger partial charge in [-0.05, 0) is 56.7 Å². The predicted molar refractivity (Wildman–Crippen MR) is 89.7 cm³/mol. The van der Waals surface area contributed by atoms with Crippen molar-refractivity contribution in [3.05, 3.63) is 29.8 Å². The van der Waals surface area contributed by atoms with E-state index >= 15 is 0 Å². The van der Waals surface area contributed by atoms with Crippen LogP contribution in [0.5, 0.6) is 0 Å². The van der Waals surface area contributed by atoms with Crippen molar-refractivity contribution < 1.29 is 4.79 Å². The molecule has 1 aromatic rings. The summed E-state index contributed by atoms with van der Waals surface area (Å²) in [6.45, 7) is 3.15. The first-order valence-electron chi connectivity index (χ1n) is 7.85. The lowest BCUT2D eigenvalue weighted by molar-refractivity contribution is -0.122. The molecule has 0 radical (unpaired) electrons. The van der Waals surface area contributed by atoms with Gasteiger partial charge >= 0.3 is 0 Å². The summed E-state index contributed by atoms with van der Waals surface area (Å²) in [6.07, 6.45) is 7.40. The molecule has 0 aromatic heterocycles.